The Morgan fingerprint density at radius 1 is 1.06 bits per heavy atom. The van der Waals surface area contributed by atoms with Crippen molar-refractivity contribution < 1.29 is 14.3 Å². The summed E-state index contributed by atoms with van der Waals surface area (Å²) in [7, 11) is 3.39. The first kappa shape index (κ1) is 22.7. The van der Waals surface area contributed by atoms with Crippen molar-refractivity contribution >= 4 is 34.8 Å². The largest absolute Gasteiger partial charge is 0.496 e. The molecule has 0 radical (unpaired) electrons. The Kier molecular flexibility index (Phi) is 6.01. The minimum absolute atomic E-state index is 0.107. The Bertz CT molecular complexity index is 1430. The molecule has 4 aromatic rings. The molecule has 0 aliphatic carbocycles. The lowest BCUT2D eigenvalue weighted by molar-refractivity contribution is 0.0986. The third-order valence-electron chi connectivity index (χ3n) is 6.00. The van der Waals surface area contributed by atoms with Crippen LogP contribution < -0.4 is 15.0 Å². The van der Waals surface area contributed by atoms with Crippen molar-refractivity contribution in [3.8, 4) is 17.0 Å². The molecule has 2 amide bonds. The van der Waals surface area contributed by atoms with Crippen LogP contribution in [0.1, 0.15) is 26.3 Å². The molecule has 0 fully saturated rings. The van der Waals surface area contributed by atoms with Gasteiger partial charge in [0.2, 0.25) is 0 Å². The van der Waals surface area contributed by atoms with E-state index in [0.29, 0.717) is 40.6 Å². The molecule has 35 heavy (non-hydrogen) atoms. The molecule has 1 aliphatic rings. The number of nitrogens with one attached hydrogen (secondary N) is 1. The third kappa shape index (κ3) is 4.38. The summed E-state index contributed by atoms with van der Waals surface area (Å²) in [6.45, 7) is 0.545. The average Bonchev–Trinajstić information content (AvgIpc) is 3.17. The van der Waals surface area contributed by atoms with Crippen LogP contribution >= 0.6 is 11.6 Å². The van der Waals surface area contributed by atoms with Crippen molar-refractivity contribution in [1.29, 1.82) is 0 Å². The van der Waals surface area contributed by atoms with Gasteiger partial charge in [0.1, 0.15) is 5.75 Å². The van der Waals surface area contributed by atoms with E-state index in [0.717, 1.165) is 22.5 Å². The van der Waals surface area contributed by atoms with Crippen molar-refractivity contribution in [3.05, 3.63) is 94.6 Å². The molecule has 1 N–H and O–H groups in total. The van der Waals surface area contributed by atoms with Gasteiger partial charge in [0.15, 0.2) is 0 Å². The number of benzene rings is 3. The minimum atomic E-state index is -0.329. The molecule has 0 saturated carbocycles. The summed E-state index contributed by atoms with van der Waals surface area (Å²) < 4.78 is 7.08. The number of para-hydroxylation sites is 1. The van der Waals surface area contributed by atoms with E-state index < -0.39 is 0 Å². The maximum absolute atomic E-state index is 13.5. The summed E-state index contributed by atoms with van der Waals surface area (Å²) in [6.07, 6.45) is 2.72. The number of carbonyl (C=O) groups excluding carboxylic acids is 2. The van der Waals surface area contributed by atoms with Crippen LogP contribution in [0.25, 0.3) is 11.3 Å². The number of methoxy groups -OCH3 is 1. The molecular weight excluding hydrogens is 464 g/mol. The van der Waals surface area contributed by atoms with E-state index in [1.807, 2.05) is 42.2 Å². The van der Waals surface area contributed by atoms with Crippen LogP contribution in [0.2, 0.25) is 5.02 Å². The highest BCUT2D eigenvalue weighted by atomic mass is 35.5. The molecule has 0 saturated heterocycles. The first-order chi connectivity index (χ1) is 16.9. The second-order valence-electron chi connectivity index (χ2n) is 8.28. The van der Waals surface area contributed by atoms with Crippen LogP contribution in [0, 0.1) is 0 Å². The van der Waals surface area contributed by atoms with Crippen molar-refractivity contribution in [2.24, 2.45) is 7.05 Å². The van der Waals surface area contributed by atoms with E-state index in [4.69, 9.17) is 16.3 Å². The van der Waals surface area contributed by atoms with Crippen LogP contribution in [0.5, 0.6) is 5.75 Å². The number of aromatic nitrogens is 2. The van der Waals surface area contributed by atoms with Crippen LogP contribution in [0.4, 0.5) is 11.4 Å². The van der Waals surface area contributed by atoms with Gasteiger partial charge in [0.25, 0.3) is 11.8 Å². The Morgan fingerprint density at radius 2 is 1.83 bits per heavy atom. The monoisotopic (exact) mass is 486 g/mol. The minimum Gasteiger partial charge on any atom is -0.496 e. The molecule has 7 nitrogen and oxygen atoms in total. The highest BCUT2D eigenvalue weighted by Crippen LogP contribution is 2.36. The molecule has 5 rings (SSSR count). The van der Waals surface area contributed by atoms with Gasteiger partial charge < -0.3 is 15.0 Å². The fourth-order valence-electron chi connectivity index (χ4n) is 4.32. The molecule has 2 heterocycles. The zero-order valence-corrected chi connectivity index (χ0v) is 20.0. The van der Waals surface area contributed by atoms with Gasteiger partial charge in [-0.2, -0.15) is 5.10 Å². The van der Waals surface area contributed by atoms with E-state index in [9.17, 15) is 9.59 Å². The molecule has 0 unspecified atom stereocenters. The van der Waals surface area contributed by atoms with Crippen LogP contribution in [0.3, 0.4) is 0 Å². The first-order valence-electron chi connectivity index (χ1n) is 11.1. The highest BCUT2D eigenvalue weighted by molar-refractivity contribution is 6.31. The van der Waals surface area contributed by atoms with E-state index >= 15 is 0 Å². The highest BCUT2D eigenvalue weighted by Gasteiger charge is 2.26. The molecule has 0 atom stereocenters. The Labute approximate surface area is 207 Å². The average molecular weight is 487 g/mol. The van der Waals surface area contributed by atoms with Crippen LogP contribution in [-0.4, -0.2) is 35.2 Å². The molecule has 176 valence electrons. The Hall–Kier alpha value is -4.10. The van der Waals surface area contributed by atoms with Gasteiger partial charge >= 0.3 is 0 Å². The lowest BCUT2D eigenvalue weighted by atomic mass is 10.1. The number of anilines is 2. The van der Waals surface area contributed by atoms with E-state index in [-0.39, 0.29) is 11.8 Å². The number of aryl methyl sites for hydroxylation is 1. The van der Waals surface area contributed by atoms with Gasteiger partial charge in [-0.1, -0.05) is 29.8 Å². The normalized spacial score (nSPS) is 12.4. The van der Waals surface area contributed by atoms with Crippen molar-refractivity contribution in [2.45, 2.75) is 6.42 Å². The van der Waals surface area contributed by atoms with E-state index in [1.165, 1.54) is 7.11 Å². The summed E-state index contributed by atoms with van der Waals surface area (Å²) in [5, 5.41) is 7.94. The van der Waals surface area contributed by atoms with Crippen molar-refractivity contribution in [3.63, 3.8) is 0 Å². The standard InChI is InChI=1S/C27H23ClN4O3/c1-31-16-18-13-14-32(23-6-4-3-5-21(23)25(18)30-31)27(34)17-7-10-20(11-8-17)29-26(33)22-12-9-19(28)15-24(22)35-2/h3-12,15-16H,13-14H2,1-2H3,(H,29,33). The van der Waals surface area contributed by atoms with Crippen LogP contribution in [-0.2, 0) is 13.5 Å². The molecule has 3 aromatic carbocycles. The lowest BCUT2D eigenvalue weighted by Crippen LogP contribution is -2.32. The number of fused-ring (bicyclic) bond motifs is 3. The summed E-state index contributed by atoms with van der Waals surface area (Å²) in [5.74, 6) is -0.0499. The fraction of sp³-hybridized carbons (Fsp3) is 0.148. The summed E-state index contributed by atoms with van der Waals surface area (Å²) >= 11 is 5.99. The first-order valence-corrected chi connectivity index (χ1v) is 11.5. The van der Waals surface area contributed by atoms with Gasteiger partial charge in [0.05, 0.1) is 24.1 Å². The van der Waals surface area contributed by atoms with E-state index in [2.05, 4.69) is 10.4 Å². The Balaban J connectivity index is 1.37. The fourth-order valence-corrected chi connectivity index (χ4v) is 4.49. The van der Waals surface area contributed by atoms with Gasteiger partial charge in [0, 0.05) is 41.6 Å². The predicted molar refractivity (Wildman–Crippen MR) is 136 cm³/mol. The number of halogens is 1. The van der Waals surface area contributed by atoms with Gasteiger partial charge in [-0.3, -0.25) is 14.3 Å². The number of nitrogens with zero attached hydrogens (tertiary/aromatic N) is 3. The molecular formula is C27H23ClN4O3. The van der Waals surface area contributed by atoms with Crippen molar-refractivity contribution in [1.82, 2.24) is 9.78 Å². The number of hydrogen-bond donors (Lipinski definition) is 1. The maximum Gasteiger partial charge on any atom is 0.259 e. The third-order valence-corrected chi connectivity index (χ3v) is 6.24. The molecule has 0 bridgehead atoms. The summed E-state index contributed by atoms with van der Waals surface area (Å²) in [4.78, 5) is 28.0. The molecule has 1 aliphatic heterocycles. The van der Waals surface area contributed by atoms with E-state index in [1.54, 1.807) is 47.4 Å². The second kappa shape index (κ2) is 9.27. The number of amides is 2. The second-order valence-corrected chi connectivity index (χ2v) is 8.71. The molecule has 1 aromatic heterocycles. The topological polar surface area (TPSA) is 76.5 Å². The number of carbonyl (C=O) groups is 2. The van der Waals surface area contributed by atoms with Gasteiger partial charge in [-0.15, -0.1) is 0 Å². The molecule has 0 spiro atoms. The Morgan fingerprint density at radius 3 is 2.60 bits per heavy atom. The quantitative estimate of drug-likeness (QED) is 0.430. The molecule has 8 heteroatoms. The van der Waals surface area contributed by atoms with Gasteiger partial charge in [-0.05, 0) is 60.5 Å². The smallest absolute Gasteiger partial charge is 0.259 e. The maximum atomic E-state index is 13.5. The van der Waals surface area contributed by atoms with Crippen molar-refractivity contribution in [2.75, 3.05) is 23.9 Å². The zero-order chi connectivity index (χ0) is 24.5. The van der Waals surface area contributed by atoms with Crippen LogP contribution in [0.15, 0.2) is 72.9 Å². The number of hydrogen-bond acceptors (Lipinski definition) is 4. The summed E-state index contributed by atoms with van der Waals surface area (Å²) in [6, 6.07) is 19.5. The van der Waals surface area contributed by atoms with Gasteiger partial charge in [-0.25, -0.2) is 0 Å². The lowest BCUT2D eigenvalue weighted by Gasteiger charge is -2.23. The summed E-state index contributed by atoms with van der Waals surface area (Å²) in [5.41, 5.74) is 5.27. The SMILES string of the molecule is COc1cc(Cl)ccc1C(=O)Nc1ccc(C(=O)N2CCc3cn(C)nc3-c3ccccc32)cc1. The zero-order valence-electron chi connectivity index (χ0n) is 19.3. The predicted octanol–water partition coefficient (Wildman–Crippen LogP) is 5.20. The number of ether oxygens (including phenoxy) is 1. The number of rotatable bonds is 4.